The maximum atomic E-state index is 5.06. The maximum Gasteiger partial charge on any atom is 0.159 e. The number of hydrogen-bond donors (Lipinski definition) is 0. The first-order valence-electron chi connectivity index (χ1n) is 6.73. The molecule has 1 aromatic heterocycles. The van der Waals surface area contributed by atoms with E-state index in [4.69, 9.17) is 4.52 Å². The first-order valence-corrected chi connectivity index (χ1v) is 6.73. The normalized spacial score (nSPS) is 33.1. The van der Waals surface area contributed by atoms with Gasteiger partial charge in [-0.1, -0.05) is 11.2 Å². The van der Waals surface area contributed by atoms with Crippen LogP contribution in [0.5, 0.6) is 0 Å². The lowest BCUT2D eigenvalue weighted by molar-refractivity contribution is 0.170. The molecular weight excluding hydrogens is 212 g/mol. The molecule has 0 aliphatic carbocycles. The quantitative estimate of drug-likeness (QED) is 0.802. The third-order valence-corrected chi connectivity index (χ3v) is 4.22. The Kier molecular flexibility index (Phi) is 3.27. The molecule has 2 bridgehead atoms. The van der Waals surface area contributed by atoms with Crippen LogP contribution in [-0.2, 0) is 0 Å². The van der Waals surface area contributed by atoms with Crippen LogP contribution >= 0.6 is 0 Å². The highest BCUT2D eigenvalue weighted by Crippen LogP contribution is 2.31. The zero-order valence-electron chi connectivity index (χ0n) is 10.2. The summed E-state index contributed by atoms with van der Waals surface area (Å²) in [5.41, 5.74) is 0. The highest BCUT2D eigenvalue weighted by Gasteiger charge is 2.28. The molecule has 0 aromatic carbocycles. The van der Waals surface area contributed by atoms with E-state index in [0.717, 1.165) is 24.1 Å². The number of hydrogen-bond acceptors (Lipinski definition) is 3. The van der Waals surface area contributed by atoms with Crippen LogP contribution in [0.2, 0.25) is 0 Å². The molecule has 3 aliphatic heterocycles. The number of nitrogens with zero attached hydrogens (tertiary/aromatic N) is 2. The Morgan fingerprint density at radius 3 is 2.94 bits per heavy atom. The van der Waals surface area contributed by atoms with Crippen LogP contribution < -0.4 is 0 Å². The Bertz CT molecular complexity index is 364. The molecular formula is C14H20N2O. The second-order valence-corrected chi connectivity index (χ2v) is 5.26. The van der Waals surface area contributed by atoms with Crippen molar-refractivity contribution in [3.8, 4) is 0 Å². The van der Waals surface area contributed by atoms with Crippen LogP contribution in [0.25, 0.3) is 6.08 Å². The van der Waals surface area contributed by atoms with E-state index in [-0.39, 0.29) is 0 Å². The highest BCUT2D eigenvalue weighted by molar-refractivity contribution is 5.41. The summed E-state index contributed by atoms with van der Waals surface area (Å²) in [5, 5.41) is 3.70. The van der Waals surface area contributed by atoms with E-state index >= 15 is 0 Å². The van der Waals surface area contributed by atoms with Crippen molar-refractivity contribution < 1.29 is 4.52 Å². The smallest absolute Gasteiger partial charge is 0.159 e. The fourth-order valence-corrected chi connectivity index (χ4v) is 3.14. The minimum absolute atomic E-state index is 0.752. The Balaban J connectivity index is 1.57. The van der Waals surface area contributed by atoms with Gasteiger partial charge in [0, 0.05) is 12.1 Å². The van der Waals surface area contributed by atoms with Gasteiger partial charge in [-0.2, -0.15) is 0 Å². The third-order valence-electron chi connectivity index (χ3n) is 4.22. The lowest BCUT2D eigenvalue weighted by Crippen LogP contribution is -2.37. The molecule has 3 nitrogen and oxygen atoms in total. The summed E-state index contributed by atoms with van der Waals surface area (Å²) in [5.74, 6) is 1.87. The number of piperidine rings is 1. The van der Waals surface area contributed by atoms with Gasteiger partial charge in [0.2, 0.25) is 0 Å². The van der Waals surface area contributed by atoms with Crippen LogP contribution in [0.1, 0.15) is 37.9 Å². The van der Waals surface area contributed by atoms with Gasteiger partial charge >= 0.3 is 0 Å². The van der Waals surface area contributed by atoms with E-state index in [1.807, 2.05) is 12.1 Å². The average Bonchev–Trinajstić information content (AvgIpc) is 2.73. The lowest BCUT2D eigenvalue weighted by Gasteiger charge is -2.31. The SMILES string of the molecule is C(=Cc1ccno1)CC1CCC2CCN1CC2. The summed E-state index contributed by atoms with van der Waals surface area (Å²) >= 11 is 0. The molecule has 0 amide bonds. The van der Waals surface area contributed by atoms with Crippen LogP contribution in [0.15, 0.2) is 22.9 Å². The van der Waals surface area contributed by atoms with Crippen LogP contribution in [0, 0.1) is 5.92 Å². The predicted octanol–water partition coefficient (Wildman–Crippen LogP) is 2.95. The number of aromatic nitrogens is 1. The summed E-state index contributed by atoms with van der Waals surface area (Å²) in [6.45, 7) is 2.62. The van der Waals surface area contributed by atoms with Crippen molar-refractivity contribution in [2.45, 2.75) is 38.1 Å². The van der Waals surface area contributed by atoms with Gasteiger partial charge in [-0.05, 0) is 57.2 Å². The van der Waals surface area contributed by atoms with Gasteiger partial charge < -0.3 is 9.42 Å². The van der Waals surface area contributed by atoms with Gasteiger partial charge in [0.1, 0.15) is 0 Å². The van der Waals surface area contributed by atoms with E-state index in [0.29, 0.717) is 0 Å². The van der Waals surface area contributed by atoms with Crippen molar-refractivity contribution in [1.82, 2.24) is 10.1 Å². The Hall–Kier alpha value is -1.09. The first kappa shape index (κ1) is 11.0. The third kappa shape index (κ3) is 2.60. The highest BCUT2D eigenvalue weighted by atomic mass is 16.5. The van der Waals surface area contributed by atoms with Crippen molar-refractivity contribution in [2.75, 3.05) is 13.1 Å². The molecule has 4 rings (SSSR count). The molecule has 17 heavy (non-hydrogen) atoms. The number of fused-ring (bicyclic) bond motifs is 4. The van der Waals surface area contributed by atoms with E-state index < -0.39 is 0 Å². The van der Waals surface area contributed by atoms with Gasteiger partial charge in [-0.15, -0.1) is 0 Å². The Morgan fingerprint density at radius 2 is 2.18 bits per heavy atom. The standard InChI is InChI=1S/C14H20N2O/c1(3-14-6-9-15-17-14)2-13-5-4-12-7-10-16(13)11-8-12/h1,3,6,9,12-13H,2,4-5,7-8,10-11H2. The van der Waals surface area contributed by atoms with Crippen LogP contribution in [-0.4, -0.2) is 29.2 Å². The molecule has 1 unspecified atom stereocenters. The van der Waals surface area contributed by atoms with Gasteiger partial charge in [0.25, 0.3) is 0 Å². The van der Waals surface area contributed by atoms with E-state index in [1.165, 1.54) is 38.8 Å². The lowest BCUT2D eigenvalue weighted by atomic mass is 9.95. The summed E-state index contributed by atoms with van der Waals surface area (Å²) < 4.78 is 5.06. The van der Waals surface area contributed by atoms with Crippen molar-refractivity contribution in [1.29, 1.82) is 0 Å². The summed E-state index contributed by atoms with van der Waals surface area (Å²) in [7, 11) is 0. The first-order chi connectivity index (χ1) is 8.42. The zero-order chi connectivity index (χ0) is 11.5. The van der Waals surface area contributed by atoms with Crippen LogP contribution in [0.4, 0.5) is 0 Å². The van der Waals surface area contributed by atoms with Crippen molar-refractivity contribution in [3.05, 3.63) is 24.1 Å². The maximum absolute atomic E-state index is 5.06. The Labute approximate surface area is 102 Å². The molecule has 0 saturated carbocycles. The molecule has 4 heterocycles. The van der Waals surface area contributed by atoms with Crippen molar-refractivity contribution in [2.24, 2.45) is 5.92 Å². The summed E-state index contributed by atoms with van der Waals surface area (Å²) in [6.07, 6.45) is 12.8. The monoisotopic (exact) mass is 232 g/mol. The molecule has 3 fully saturated rings. The second kappa shape index (κ2) is 5.05. The van der Waals surface area contributed by atoms with Crippen molar-refractivity contribution >= 4 is 6.08 Å². The van der Waals surface area contributed by atoms with Gasteiger partial charge in [0.05, 0.1) is 6.20 Å². The van der Waals surface area contributed by atoms with Gasteiger partial charge in [0.15, 0.2) is 5.76 Å². The molecule has 0 spiro atoms. The fourth-order valence-electron chi connectivity index (χ4n) is 3.14. The molecule has 1 aromatic rings. The molecule has 92 valence electrons. The molecule has 1 atom stereocenters. The molecule has 3 heteroatoms. The minimum Gasteiger partial charge on any atom is -0.357 e. The predicted molar refractivity (Wildman–Crippen MR) is 67.5 cm³/mol. The largest absolute Gasteiger partial charge is 0.357 e. The molecule has 3 aliphatic rings. The van der Waals surface area contributed by atoms with E-state index in [9.17, 15) is 0 Å². The zero-order valence-corrected chi connectivity index (χ0v) is 10.2. The second-order valence-electron chi connectivity index (χ2n) is 5.26. The van der Waals surface area contributed by atoms with Crippen molar-refractivity contribution in [3.63, 3.8) is 0 Å². The number of rotatable bonds is 3. The summed E-state index contributed by atoms with van der Waals surface area (Å²) in [4.78, 5) is 2.67. The van der Waals surface area contributed by atoms with Gasteiger partial charge in [-0.3, -0.25) is 0 Å². The molecule has 3 saturated heterocycles. The molecule has 0 radical (unpaired) electrons. The minimum atomic E-state index is 0.752. The Morgan fingerprint density at radius 1 is 1.29 bits per heavy atom. The average molecular weight is 232 g/mol. The van der Waals surface area contributed by atoms with Gasteiger partial charge in [-0.25, -0.2) is 0 Å². The topological polar surface area (TPSA) is 29.3 Å². The van der Waals surface area contributed by atoms with E-state index in [2.05, 4.69) is 16.1 Å². The molecule has 0 N–H and O–H groups in total. The summed E-state index contributed by atoms with van der Waals surface area (Å²) in [6, 6.07) is 2.65. The fraction of sp³-hybridized carbons (Fsp3) is 0.643. The van der Waals surface area contributed by atoms with Crippen LogP contribution in [0.3, 0.4) is 0 Å². The van der Waals surface area contributed by atoms with E-state index in [1.54, 1.807) is 6.20 Å².